The summed E-state index contributed by atoms with van der Waals surface area (Å²) in [7, 11) is -3.61. The molecule has 0 bridgehead atoms. The maximum atomic E-state index is 12.9. The fourth-order valence-electron chi connectivity index (χ4n) is 2.83. The topological polar surface area (TPSA) is 57.9 Å². The molecule has 0 heterocycles. The van der Waals surface area contributed by atoms with Gasteiger partial charge in [-0.25, -0.2) is 8.42 Å². The quantitative estimate of drug-likeness (QED) is 0.835. The predicted octanol–water partition coefficient (Wildman–Crippen LogP) is 3.80. The van der Waals surface area contributed by atoms with Gasteiger partial charge in [-0.2, -0.15) is 5.26 Å². The lowest BCUT2D eigenvalue weighted by molar-refractivity contribution is 0.117. The number of benzene rings is 1. The fraction of sp³-hybridized carbons (Fsp3) is 0.588. The number of sulfone groups is 1. The average molecular weight is 305 g/mol. The first-order valence-corrected chi connectivity index (χ1v) is 8.75. The SMILES string of the molecule is Cc1ccc(S(=O)(=O)C2(C#N)CC(C(C)(C)C)C2)cc1C. The molecule has 3 nitrogen and oxygen atoms in total. The molecule has 1 aliphatic carbocycles. The Morgan fingerprint density at radius 1 is 1.19 bits per heavy atom. The van der Waals surface area contributed by atoms with Gasteiger partial charge in [0.05, 0.1) is 11.0 Å². The molecule has 0 unspecified atom stereocenters. The van der Waals surface area contributed by atoms with Crippen LogP contribution < -0.4 is 0 Å². The molecule has 1 aliphatic rings. The van der Waals surface area contributed by atoms with Crippen molar-refractivity contribution in [3.63, 3.8) is 0 Å². The maximum absolute atomic E-state index is 12.9. The number of hydrogen-bond donors (Lipinski definition) is 0. The molecule has 0 atom stereocenters. The third-order valence-electron chi connectivity index (χ3n) is 4.88. The molecule has 21 heavy (non-hydrogen) atoms. The summed E-state index contributed by atoms with van der Waals surface area (Å²) in [6, 6.07) is 7.23. The Kier molecular flexibility index (Phi) is 3.70. The predicted molar refractivity (Wildman–Crippen MR) is 83.6 cm³/mol. The van der Waals surface area contributed by atoms with E-state index in [1.807, 2.05) is 19.9 Å². The van der Waals surface area contributed by atoms with Gasteiger partial charge in [-0.1, -0.05) is 26.8 Å². The molecule has 1 fully saturated rings. The van der Waals surface area contributed by atoms with E-state index in [0.717, 1.165) is 11.1 Å². The summed E-state index contributed by atoms with van der Waals surface area (Å²) >= 11 is 0. The van der Waals surface area contributed by atoms with E-state index in [2.05, 4.69) is 26.8 Å². The lowest BCUT2D eigenvalue weighted by atomic mass is 9.63. The van der Waals surface area contributed by atoms with E-state index in [0.29, 0.717) is 12.8 Å². The van der Waals surface area contributed by atoms with Crippen molar-refractivity contribution in [1.82, 2.24) is 0 Å². The molecule has 114 valence electrons. The van der Waals surface area contributed by atoms with E-state index in [1.54, 1.807) is 12.1 Å². The molecule has 0 aliphatic heterocycles. The van der Waals surface area contributed by atoms with Gasteiger partial charge in [0.15, 0.2) is 14.6 Å². The van der Waals surface area contributed by atoms with E-state index in [4.69, 9.17) is 0 Å². The standard InChI is InChI=1S/C17H23NO2S/c1-12-6-7-15(8-13(12)2)21(19,20)17(11-18)9-14(10-17)16(3,4)5/h6-8,14H,9-10H2,1-5H3. The summed E-state index contributed by atoms with van der Waals surface area (Å²) in [6.07, 6.45) is 0.866. The van der Waals surface area contributed by atoms with Crippen LogP contribution in [0.5, 0.6) is 0 Å². The van der Waals surface area contributed by atoms with Crippen LogP contribution in [0.2, 0.25) is 0 Å². The number of nitriles is 1. The summed E-state index contributed by atoms with van der Waals surface area (Å²) in [5, 5.41) is 9.51. The highest BCUT2D eigenvalue weighted by Gasteiger charge is 2.57. The first-order valence-electron chi connectivity index (χ1n) is 7.27. The van der Waals surface area contributed by atoms with Crippen molar-refractivity contribution in [2.45, 2.75) is 57.1 Å². The van der Waals surface area contributed by atoms with Crippen molar-refractivity contribution in [2.75, 3.05) is 0 Å². The average Bonchev–Trinajstić information content (AvgIpc) is 2.29. The van der Waals surface area contributed by atoms with Gasteiger partial charge in [-0.15, -0.1) is 0 Å². The highest BCUT2D eigenvalue weighted by atomic mass is 32.2. The zero-order chi connectivity index (χ0) is 16.1. The van der Waals surface area contributed by atoms with E-state index < -0.39 is 14.6 Å². The molecule has 0 spiro atoms. The van der Waals surface area contributed by atoms with Crippen LogP contribution in [-0.2, 0) is 9.84 Å². The zero-order valence-corrected chi connectivity index (χ0v) is 14.2. The molecule has 0 saturated heterocycles. The van der Waals surface area contributed by atoms with Crippen molar-refractivity contribution < 1.29 is 8.42 Å². The van der Waals surface area contributed by atoms with Crippen LogP contribution in [0.1, 0.15) is 44.7 Å². The largest absolute Gasteiger partial charge is 0.222 e. The van der Waals surface area contributed by atoms with Gasteiger partial charge in [0.1, 0.15) is 0 Å². The zero-order valence-electron chi connectivity index (χ0n) is 13.4. The van der Waals surface area contributed by atoms with Crippen LogP contribution in [0, 0.1) is 36.5 Å². The van der Waals surface area contributed by atoms with E-state index in [1.165, 1.54) is 0 Å². The van der Waals surface area contributed by atoms with Gasteiger partial charge in [0.2, 0.25) is 0 Å². The van der Waals surface area contributed by atoms with E-state index >= 15 is 0 Å². The molecule has 1 aromatic carbocycles. The minimum Gasteiger partial charge on any atom is -0.222 e. The smallest absolute Gasteiger partial charge is 0.197 e. The van der Waals surface area contributed by atoms with Crippen molar-refractivity contribution in [1.29, 1.82) is 5.26 Å². The monoisotopic (exact) mass is 305 g/mol. The Bertz CT molecular complexity index is 699. The molecule has 0 radical (unpaired) electrons. The second kappa shape index (κ2) is 4.84. The summed E-state index contributed by atoms with van der Waals surface area (Å²) in [5.41, 5.74) is 2.04. The fourth-order valence-corrected chi connectivity index (χ4v) is 4.82. The van der Waals surface area contributed by atoms with E-state index in [9.17, 15) is 13.7 Å². The van der Waals surface area contributed by atoms with Gasteiger partial charge < -0.3 is 0 Å². The van der Waals surface area contributed by atoms with Crippen LogP contribution in [0.25, 0.3) is 0 Å². The van der Waals surface area contributed by atoms with Gasteiger partial charge >= 0.3 is 0 Å². The Morgan fingerprint density at radius 2 is 1.76 bits per heavy atom. The number of rotatable bonds is 2. The molecular weight excluding hydrogens is 282 g/mol. The Balaban J connectivity index is 2.40. The van der Waals surface area contributed by atoms with Crippen LogP contribution >= 0.6 is 0 Å². The molecular formula is C17H23NO2S. The summed E-state index contributed by atoms with van der Waals surface area (Å²) in [5.74, 6) is 0.276. The second-order valence-electron chi connectivity index (χ2n) is 7.33. The molecule has 0 amide bonds. The molecule has 4 heteroatoms. The first kappa shape index (κ1) is 16.0. The summed E-state index contributed by atoms with van der Waals surface area (Å²) < 4.78 is 24.5. The highest BCUT2D eigenvalue weighted by Crippen LogP contribution is 2.52. The van der Waals surface area contributed by atoms with E-state index in [-0.39, 0.29) is 16.2 Å². The summed E-state index contributed by atoms with van der Waals surface area (Å²) in [6.45, 7) is 10.1. The molecule has 2 rings (SSSR count). The lowest BCUT2D eigenvalue weighted by Gasteiger charge is -2.48. The first-order chi connectivity index (χ1) is 9.53. The third-order valence-corrected chi connectivity index (χ3v) is 7.21. The molecule has 1 aromatic rings. The Labute approximate surface area is 127 Å². The van der Waals surface area contributed by atoms with Crippen molar-refractivity contribution >= 4 is 9.84 Å². The number of hydrogen-bond acceptors (Lipinski definition) is 3. The number of nitrogens with zero attached hydrogens (tertiary/aromatic N) is 1. The summed E-state index contributed by atoms with van der Waals surface area (Å²) in [4.78, 5) is 0.277. The normalized spacial score (nSPS) is 26.0. The van der Waals surface area contributed by atoms with Crippen molar-refractivity contribution in [3.05, 3.63) is 29.3 Å². The third kappa shape index (κ3) is 2.48. The van der Waals surface area contributed by atoms with Gasteiger partial charge in [0.25, 0.3) is 0 Å². The Hall–Kier alpha value is -1.34. The maximum Gasteiger partial charge on any atom is 0.197 e. The molecule has 0 N–H and O–H groups in total. The molecule has 0 aromatic heterocycles. The van der Waals surface area contributed by atoms with Gasteiger partial charge in [-0.05, 0) is 61.3 Å². The Morgan fingerprint density at radius 3 is 2.19 bits per heavy atom. The highest BCUT2D eigenvalue weighted by molar-refractivity contribution is 7.93. The van der Waals surface area contributed by atoms with Crippen LogP contribution in [0.3, 0.4) is 0 Å². The minimum atomic E-state index is -3.61. The lowest BCUT2D eigenvalue weighted by Crippen LogP contribution is -2.52. The van der Waals surface area contributed by atoms with Gasteiger partial charge in [0, 0.05) is 0 Å². The number of aryl methyl sites for hydroxylation is 2. The second-order valence-corrected chi connectivity index (χ2v) is 9.59. The molecule has 1 saturated carbocycles. The van der Waals surface area contributed by atoms with Crippen LogP contribution in [-0.4, -0.2) is 13.2 Å². The van der Waals surface area contributed by atoms with Crippen LogP contribution in [0.15, 0.2) is 23.1 Å². The van der Waals surface area contributed by atoms with Crippen molar-refractivity contribution in [3.8, 4) is 6.07 Å². The van der Waals surface area contributed by atoms with Crippen molar-refractivity contribution in [2.24, 2.45) is 11.3 Å². The van der Waals surface area contributed by atoms with Gasteiger partial charge in [-0.3, -0.25) is 0 Å². The van der Waals surface area contributed by atoms with Crippen LogP contribution in [0.4, 0.5) is 0 Å². The minimum absolute atomic E-state index is 0.0407.